The number of aryl methyl sites for hydroxylation is 2. The number of hydrogen-bond donors (Lipinski definition) is 4. The van der Waals surface area contributed by atoms with Crippen LogP contribution in [0.15, 0.2) is 18.2 Å². The van der Waals surface area contributed by atoms with E-state index in [9.17, 15) is 14.7 Å². The molecule has 0 atom stereocenters. The fraction of sp³-hybridized carbons (Fsp3) is 0.421. The van der Waals surface area contributed by atoms with Gasteiger partial charge in [-0.25, -0.2) is 9.78 Å². The molecular weight excluding hydrogens is 364 g/mol. The Morgan fingerprint density at radius 3 is 2.70 bits per heavy atom. The van der Waals surface area contributed by atoms with E-state index in [4.69, 9.17) is 0 Å². The molecule has 0 spiro atoms. The molecule has 3 amide bonds. The van der Waals surface area contributed by atoms with Gasteiger partial charge in [0.25, 0.3) is 5.91 Å². The maximum atomic E-state index is 12.7. The number of benzene rings is 1. The van der Waals surface area contributed by atoms with Gasteiger partial charge in [-0.15, -0.1) is 0 Å². The summed E-state index contributed by atoms with van der Waals surface area (Å²) < 4.78 is 0. The quantitative estimate of drug-likeness (QED) is 0.518. The van der Waals surface area contributed by atoms with E-state index in [1.807, 2.05) is 25.1 Å². The van der Waals surface area contributed by atoms with Gasteiger partial charge in [0.1, 0.15) is 4.88 Å². The Balaban J connectivity index is 2.10. The number of rotatable bonds is 8. The van der Waals surface area contributed by atoms with E-state index in [-0.39, 0.29) is 18.5 Å². The van der Waals surface area contributed by atoms with Gasteiger partial charge < -0.3 is 15.7 Å². The number of aliphatic hydroxyl groups is 1. The Kier molecular flexibility index (Phi) is 7.75. The molecule has 0 aliphatic heterocycles. The van der Waals surface area contributed by atoms with E-state index in [1.54, 1.807) is 6.92 Å². The van der Waals surface area contributed by atoms with Crippen molar-refractivity contribution in [3.05, 3.63) is 39.9 Å². The van der Waals surface area contributed by atoms with E-state index in [1.165, 1.54) is 0 Å². The summed E-state index contributed by atoms with van der Waals surface area (Å²) in [7, 11) is 0. The van der Waals surface area contributed by atoms with Crippen LogP contribution in [0.3, 0.4) is 0 Å². The topological polar surface area (TPSA) is 103 Å². The standard InChI is InChI=1S/C19H26N4O3S/c1-4-5-10-20-18(26)23-19-21-13(3)16(27-19)17(25)22-15-12(2)7-6-8-14(15)9-11-24/h6-8,24H,4-5,9-11H2,1-3H3,(H,22,25)(H2,20,21,23,26). The van der Waals surface area contributed by atoms with Crippen molar-refractivity contribution in [2.24, 2.45) is 0 Å². The summed E-state index contributed by atoms with van der Waals surface area (Å²) >= 11 is 1.13. The Labute approximate surface area is 163 Å². The van der Waals surface area contributed by atoms with Crippen LogP contribution in [0.2, 0.25) is 0 Å². The molecule has 0 fully saturated rings. The predicted octanol–water partition coefficient (Wildman–Crippen LogP) is 3.47. The first kappa shape index (κ1) is 20.9. The SMILES string of the molecule is CCCCNC(=O)Nc1nc(C)c(C(=O)Nc2c(C)cccc2CCO)s1. The molecule has 0 saturated heterocycles. The van der Waals surface area contributed by atoms with Crippen LogP contribution in [-0.4, -0.2) is 35.2 Å². The molecule has 7 nitrogen and oxygen atoms in total. The molecule has 0 bridgehead atoms. The second kappa shape index (κ2) is 10.0. The number of nitrogens with one attached hydrogen (secondary N) is 3. The monoisotopic (exact) mass is 390 g/mol. The normalized spacial score (nSPS) is 10.5. The predicted molar refractivity (Wildman–Crippen MR) is 109 cm³/mol. The summed E-state index contributed by atoms with van der Waals surface area (Å²) in [5.74, 6) is -0.280. The number of anilines is 2. The third-order valence-electron chi connectivity index (χ3n) is 4.02. The van der Waals surface area contributed by atoms with Crippen molar-refractivity contribution >= 4 is 34.1 Å². The number of carbonyl (C=O) groups excluding carboxylic acids is 2. The van der Waals surface area contributed by atoms with Crippen LogP contribution < -0.4 is 16.0 Å². The van der Waals surface area contributed by atoms with Crippen LogP contribution in [0.1, 0.15) is 46.3 Å². The molecule has 27 heavy (non-hydrogen) atoms. The van der Waals surface area contributed by atoms with E-state index in [0.717, 1.165) is 35.3 Å². The summed E-state index contributed by atoms with van der Waals surface area (Å²) in [4.78, 5) is 29.3. The molecule has 1 aromatic heterocycles. The first-order chi connectivity index (χ1) is 13.0. The smallest absolute Gasteiger partial charge is 0.321 e. The van der Waals surface area contributed by atoms with Crippen molar-refractivity contribution in [3.8, 4) is 0 Å². The van der Waals surface area contributed by atoms with Crippen LogP contribution in [0.4, 0.5) is 15.6 Å². The van der Waals surface area contributed by atoms with Gasteiger partial charge in [0, 0.05) is 18.8 Å². The molecule has 2 rings (SSSR count). The van der Waals surface area contributed by atoms with Crippen molar-refractivity contribution in [2.75, 3.05) is 23.8 Å². The van der Waals surface area contributed by atoms with Crippen LogP contribution >= 0.6 is 11.3 Å². The van der Waals surface area contributed by atoms with Crippen molar-refractivity contribution in [2.45, 2.75) is 40.0 Å². The lowest BCUT2D eigenvalue weighted by Crippen LogP contribution is -2.29. The average Bonchev–Trinajstić information content (AvgIpc) is 2.98. The number of aliphatic hydroxyl groups excluding tert-OH is 1. The molecule has 2 aromatic rings. The third-order valence-corrected chi connectivity index (χ3v) is 5.09. The number of amides is 3. The number of urea groups is 1. The molecule has 4 N–H and O–H groups in total. The number of carbonyl (C=O) groups is 2. The van der Waals surface area contributed by atoms with Gasteiger partial charge in [-0.05, 0) is 37.8 Å². The second-order valence-corrected chi connectivity index (χ2v) is 7.20. The average molecular weight is 391 g/mol. The number of unbranched alkanes of at least 4 members (excludes halogenated alkanes) is 1. The van der Waals surface area contributed by atoms with Crippen molar-refractivity contribution in [1.82, 2.24) is 10.3 Å². The lowest BCUT2D eigenvalue weighted by atomic mass is 10.1. The minimum absolute atomic E-state index is 0.00706. The van der Waals surface area contributed by atoms with Crippen LogP contribution in [0.25, 0.3) is 0 Å². The summed E-state index contributed by atoms with van der Waals surface area (Å²) in [5, 5.41) is 18.0. The van der Waals surface area contributed by atoms with Gasteiger partial charge in [0.15, 0.2) is 5.13 Å². The van der Waals surface area contributed by atoms with Crippen molar-refractivity contribution < 1.29 is 14.7 Å². The fourth-order valence-corrected chi connectivity index (χ4v) is 3.44. The fourth-order valence-electron chi connectivity index (χ4n) is 2.59. The zero-order valence-corrected chi connectivity index (χ0v) is 16.7. The molecular formula is C19H26N4O3S. The Morgan fingerprint density at radius 2 is 2.00 bits per heavy atom. The highest BCUT2D eigenvalue weighted by atomic mass is 32.1. The second-order valence-electron chi connectivity index (χ2n) is 6.20. The van der Waals surface area contributed by atoms with Crippen LogP contribution in [0, 0.1) is 13.8 Å². The maximum absolute atomic E-state index is 12.7. The molecule has 146 valence electrons. The van der Waals surface area contributed by atoms with E-state index >= 15 is 0 Å². The highest BCUT2D eigenvalue weighted by Crippen LogP contribution is 2.26. The van der Waals surface area contributed by atoms with Gasteiger partial charge in [0.05, 0.1) is 5.69 Å². The van der Waals surface area contributed by atoms with E-state index in [0.29, 0.717) is 34.4 Å². The zero-order chi connectivity index (χ0) is 19.8. The number of nitrogens with zero attached hydrogens (tertiary/aromatic N) is 1. The lowest BCUT2D eigenvalue weighted by Gasteiger charge is -2.13. The first-order valence-corrected chi connectivity index (χ1v) is 9.80. The molecule has 0 unspecified atom stereocenters. The summed E-state index contributed by atoms with van der Waals surface area (Å²) in [6, 6.07) is 5.36. The van der Waals surface area contributed by atoms with E-state index in [2.05, 4.69) is 27.9 Å². The molecule has 0 aliphatic rings. The Morgan fingerprint density at radius 1 is 1.22 bits per heavy atom. The number of para-hydroxylation sites is 1. The van der Waals surface area contributed by atoms with Crippen LogP contribution in [-0.2, 0) is 6.42 Å². The number of aromatic nitrogens is 1. The Bertz CT molecular complexity index is 804. The molecule has 0 radical (unpaired) electrons. The summed E-state index contributed by atoms with van der Waals surface area (Å²) in [6.45, 7) is 6.30. The van der Waals surface area contributed by atoms with Crippen molar-refractivity contribution in [1.29, 1.82) is 0 Å². The molecule has 0 aliphatic carbocycles. The summed E-state index contributed by atoms with van der Waals surface area (Å²) in [5.41, 5.74) is 3.06. The van der Waals surface area contributed by atoms with Gasteiger partial charge >= 0.3 is 6.03 Å². The van der Waals surface area contributed by atoms with Gasteiger partial charge in [0.2, 0.25) is 0 Å². The molecule has 0 saturated carbocycles. The first-order valence-electron chi connectivity index (χ1n) is 8.99. The zero-order valence-electron chi connectivity index (χ0n) is 15.9. The summed E-state index contributed by atoms with van der Waals surface area (Å²) in [6.07, 6.45) is 2.37. The molecule has 8 heteroatoms. The Hall–Kier alpha value is -2.45. The van der Waals surface area contributed by atoms with Crippen molar-refractivity contribution in [3.63, 3.8) is 0 Å². The van der Waals surface area contributed by atoms with Gasteiger partial charge in [-0.3, -0.25) is 10.1 Å². The van der Waals surface area contributed by atoms with Crippen LogP contribution in [0.5, 0.6) is 0 Å². The largest absolute Gasteiger partial charge is 0.396 e. The molecule has 1 heterocycles. The lowest BCUT2D eigenvalue weighted by molar-refractivity contribution is 0.102. The maximum Gasteiger partial charge on any atom is 0.321 e. The molecule has 1 aromatic carbocycles. The number of thiazole rings is 1. The minimum Gasteiger partial charge on any atom is -0.396 e. The van der Waals surface area contributed by atoms with Gasteiger partial charge in [-0.1, -0.05) is 42.9 Å². The van der Waals surface area contributed by atoms with Gasteiger partial charge in [-0.2, -0.15) is 0 Å². The minimum atomic E-state index is -0.326. The highest BCUT2D eigenvalue weighted by Gasteiger charge is 2.18. The third kappa shape index (κ3) is 5.77. The highest BCUT2D eigenvalue weighted by molar-refractivity contribution is 7.17. The number of hydrogen-bond acceptors (Lipinski definition) is 5. The van der Waals surface area contributed by atoms with E-state index < -0.39 is 0 Å².